The number of hydrogen-bond acceptors (Lipinski definition) is 3. The molecule has 1 N–H and O–H groups in total. The average Bonchev–Trinajstić information content (AvgIpc) is 2.40. The molecular formula is C14H15BrClN3. The van der Waals surface area contributed by atoms with E-state index in [4.69, 9.17) is 11.6 Å². The molecule has 1 aromatic carbocycles. The summed E-state index contributed by atoms with van der Waals surface area (Å²) in [5.41, 5.74) is 2.12. The highest BCUT2D eigenvalue weighted by Gasteiger charge is 2.00. The molecule has 0 fully saturated rings. The molecular weight excluding hydrogens is 326 g/mol. The number of anilines is 2. The Hall–Kier alpha value is -1.26. The lowest BCUT2D eigenvalue weighted by molar-refractivity contribution is 1.06. The summed E-state index contributed by atoms with van der Waals surface area (Å²) in [5.74, 6) is 0.942. The normalized spacial score (nSPS) is 10.3. The molecule has 1 heterocycles. The lowest BCUT2D eigenvalue weighted by atomic mass is 10.2. The molecule has 100 valence electrons. The van der Waals surface area contributed by atoms with E-state index >= 15 is 0 Å². The summed E-state index contributed by atoms with van der Waals surface area (Å²) in [6, 6.07) is 9.93. The van der Waals surface area contributed by atoms with Gasteiger partial charge in [0.1, 0.15) is 5.82 Å². The molecule has 0 radical (unpaired) electrons. The third-order valence-electron chi connectivity index (χ3n) is 2.69. The highest BCUT2D eigenvalue weighted by atomic mass is 79.9. The predicted octanol–water partition coefficient (Wildman–Crippen LogP) is 4.18. The van der Waals surface area contributed by atoms with Crippen molar-refractivity contribution >= 4 is 39.0 Å². The number of pyridine rings is 1. The van der Waals surface area contributed by atoms with E-state index in [0.29, 0.717) is 0 Å². The van der Waals surface area contributed by atoms with Gasteiger partial charge in [-0.1, -0.05) is 17.7 Å². The smallest absolute Gasteiger partial charge is 0.128 e. The SMILES string of the molecule is CN(C)c1ccc(NCc2ccc(Br)c(Cl)c2)cn1. The van der Waals surface area contributed by atoms with Crippen LogP contribution in [0.15, 0.2) is 41.0 Å². The van der Waals surface area contributed by atoms with Gasteiger partial charge in [-0.25, -0.2) is 4.98 Å². The largest absolute Gasteiger partial charge is 0.380 e. The van der Waals surface area contributed by atoms with E-state index in [1.807, 2.05) is 55.5 Å². The zero-order chi connectivity index (χ0) is 13.8. The van der Waals surface area contributed by atoms with Crippen molar-refractivity contribution in [3.05, 3.63) is 51.6 Å². The Bertz CT molecular complexity index is 555. The molecule has 2 rings (SSSR count). The number of rotatable bonds is 4. The van der Waals surface area contributed by atoms with E-state index in [-0.39, 0.29) is 0 Å². The summed E-state index contributed by atoms with van der Waals surface area (Å²) in [6.45, 7) is 0.718. The van der Waals surface area contributed by atoms with E-state index in [1.54, 1.807) is 0 Å². The van der Waals surface area contributed by atoms with Gasteiger partial charge < -0.3 is 10.2 Å². The first-order chi connectivity index (χ1) is 9.06. The maximum Gasteiger partial charge on any atom is 0.128 e. The van der Waals surface area contributed by atoms with E-state index in [9.17, 15) is 0 Å². The maximum absolute atomic E-state index is 6.06. The fourth-order valence-corrected chi connectivity index (χ4v) is 2.06. The molecule has 5 heteroatoms. The molecule has 0 unspecified atom stereocenters. The zero-order valence-corrected chi connectivity index (χ0v) is 13.2. The monoisotopic (exact) mass is 339 g/mol. The Morgan fingerprint density at radius 2 is 2.05 bits per heavy atom. The molecule has 0 aliphatic heterocycles. The van der Waals surface area contributed by atoms with Gasteiger partial charge in [-0.05, 0) is 45.8 Å². The predicted molar refractivity (Wildman–Crippen MR) is 85.0 cm³/mol. The second-order valence-electron chi connectivity index (χ2n) is 4.40. The fourth-order valence-electron chi connectivity index (χ4n) is 1.61. The molecule has 0 atom stereocenters. The zero-order valence-electron chi connectivity index (χ0n) is 10.8. The van der Waals surface area contributed by atoms with Gasteiger partial charge in [0.25, 0.3) is 0 Å². The summed E-state index contributed by atoms with van der Waals surface area (Å²) in [5, 5.41) is 4.04. The quantitative estimate of drug-likeness (QED) is 0.905. The highest BCUT2D eigenvalue weighted by molar-refractivity contribution is 9.10. The number of halogens is 2. The lowest BCUT2D eigenvalue weighted by Crippen LogP contribution is -2.10. The Kier molecular flexibility index (Phi) is 4.66. The number of benzene rings is 1. The Morgan fingerprint density at radius 3 is 2.63 bits per heavy atom. The maximum atomic E-state index is 6.06. The standard InChI is InChI=1S/C14H15BrClN3/c1-19(2)14-6-4-11(9-18-14)17-8-10-3-5-12(15)13(16)7-10/h3-7,9,17H,8H2,1-2H3. The molecule has 19 heavy (non-hydrogen) atoms. The van der Waals surface area contributed by atoms with E-state index in [2.05, 4.69) is 26.2 Å². The van der Waals surface area contributed by atoms with Crippen LogP contribution in [-0.4, -0.2) is 19.1 Å². The molecule has 0 amide bonds. The molecule has 0 saturated carbocycles. The molecule has 1 aromatic heterocycles. The Morgan fingerprint density at radius 1 is 1.26 bits per heavy atom. The molecule has 0 bridgehead atoms. The van der Waals surface area contributed by atoms with Gasteiger partial charge >= 0.3 is 0 Å². The van der Waals surface area contributed by atoms with Crippen molar-refractivity contribution in [2.45, 2.75) is 6.54 Å². The molecule has 2 aromatic rings. The minimum absolute atomic E-state index is 0.718. The van der Waals surface area contributed by atoms with Crippen LogP contribution in [0.1, 0.15) is 5.56 Å². The minimum atomic E-state index is 0.718. The minimum Gasteiger partial charge on any atom is -0.380 e. The average molecular weight is 341 g/mol. The van der Waals surface area contributed by atoms with Crippen molar-refractivity contribution in [3.63, 3.8) is 0 Å². The molecule has 3 nitrogen and oxygen atoms in total. The van der Waals surface area contributed by atoms with Crippen LogP contribution in [0.5, 0.6) is 0 Å². The van der Waals surface area contributed by atoms with Crippen LogP contribution in [0.25, 0.3) is 0 Å². The number of nitrogens with zero attached hydrogens (tertiary/aromatic N) is 2. The van der Waals surface area contributed by atoms with Crippen LogP contribution in [0.4, 0.5) is 11.5 Å². The summed E-state index contributed by atoms with van der Waals surface area (Å²) >= 11 is 9.44. The van der Waals surface area contributed by atoms with Crippen LogP contribution in [-0.2, 0) is 6.54 Å². The van der Waals surface area contributed by atoms with Gasteiger partial charge in [0.05, 0.1) is 16.9 Å². The summed E-state index contributed by atoms with van der Waals surface area (Å²) in [4.78, 5) is 6.32. The molecule has 0 aliphatic rings. The highest BCUT2D eigenvalue weighted by Crippen LogP contribution is 2.23. The fraction of sp³-hybridized carbons (Fsp3) is 0.214. The van der Waals surface area contributed by atoms with E-state index in [1.165, 1.54) is 0 Å². The van der Waals surface area contributed by atoms with Crippen LogP contribution < -0.4 is 10.2 Å². The van der Waals surface area contributed by atoms with E-state index in [0.717, 1.165) is 33.1 Å². The molecule has 0 aliphatic carbocycles. The van der Waals surface area contributed by atoms with E-state index < -0.39 is 0 Å². The first kappa shape index (κ1) is 14.2. The van der Waals surface area contributed by atoms with Crippen molar-refractivity contribution in [3.8, 4) is 0 Å². The van der Waals surface area contributed by atoms with Crippen molar-refractivity contribution in [2.24, 2.45) is 0 Å². The van der Waals surface area contributed by atoms with Crippen LogP contribution in [0.2, 0.25) is 5.02 Å². The van der Waals surface area contributed by atoms with Crippen molar-refractivity contribution in [2.75, 3.05) is 24.3 Å². The Labute approximate surface area is 126 Å². The topological polar surface area (TPSA) is 28.2 Å². The van der Waals surface area contributed by atoms with Gasteiger partial charge in [-0.3, -0.25) is 0 Å². The van der Waals surface area contributed by atoms with Gasteiger partial charge in [-0.2, -0.15) is 0 Å². The van der Waals surface area contributed by atoms with Crippen LogP contribution in [0.3, 0.4) is 0 Å². The van der Waals surface area contributed by atoms with Gasteiger partial charge in [0.2, 0.25) is 0 Å². The molecule has 0 spiro atoms. The van der Waals surface area contributed by atoms with Crippen LogP contribution >= 0.6 is 27.5 Å². The second kappa shape index (κ2) is 6.26. The third-order valence-corrected chi connectivity index (χ3v) is 3.92. The van der Waals surface area contributed by atoms with Crippen molar-refractivity contribution < 1.29 is 0 Å². The lowest BCUT2D eigenvalue weighted by Gasteiger charge is -2.12. The number of hydrogen-bond donors (Lipinski definition) is 1. The Balaban J connectivity index is 2.00. The van der Waals surface area contributed by atoms with Gasteiger partial charge in [0, 0.05) is 25.1 Å². The third kappa shape index (κ3) is 3.85. The summed E-state index contributed by atoms with van der Waals surface area (Å²) in [7, 11) is 3.94. The van der Waals surface area contributed by atoms with Gasteiger partial charge in [0.15, 0.2) is 0 Å². The molecule has 0 saturated heterocycles. The second-order valence-corrected chi connectivity index (χ2v) is 5.66. The van der Waals surface area contributed by atoms with Crippen molar-refractivity contribution in [1.29, 1.82) is 0 Å². The summed E-state index contributed by atoms with van der Waals surface area (Å²) in [6.07, 6.45) is 1.83. The van der Waals surface area contributed by atoms with Gasteiger partial charge in [-0.15, -0.1) is 0 Å². The summed E-state index contributed by atoms with van der Waals surface area (Å²) < 4.78 is 0.912. The van der Waals surface area contributed by atoms with Crippen LogP contribution in [0, 0.1) is 0 Å². The number of nitrogens with one attached hydrogen (secondary N) is 1. The first-order valence-electron chi connectivity index (χ1n) is 5.87. The number of aromatic nitrogens is 1. The van der Waals surface area contributed by atoms with Crippen molar-refractivity contribution in [1.82, 2.24) is 4.98 Å². The first-order valence-corrected chi connectivity index (χ1v) is 7.04.